The SMILES string of the molecule is CCc1cnc(N2CCC(n3nnc4cc(-c5cc(N)nc(C)n5)ccc43)CC2)nc1. The Hall–Kier alpha value is -3.62. The van der Waals surface area contributed by atoms with E-state index in [-0.39, 0.29) is 0 Å². The highest BCUT2D eigenvalue weighted by atomic mass is 15.4. The number of nitrogens with two attached hydrogens (primary N) is 1. The van der Waals surface area contributed by atoms with Crippen LogP contribution in [0.25, 0.3) is 22.3 Å². The molecule has 9 nitrogen and oxygen atoms in total. The molecule has 0 aliphatic carbocycles. The van der Waals surface area contributed by atoms with Crippen LogP contribution in [0.15, 0.2) is 36.7 Å². The minimum atomic E-state index is 0.305. The van der Waals surface area contributed by atoms with E-state index in [0.29, 0.717) is 17.7 Å². The molecule has 2 N–H and O–H groups in total. The molecule has 5 rings (SSSR count). The number of aromatic nitrogens is 7. The second kappa shape index (κ2) is 7.90. The van der Waals surface area contributed by atoms with E-state index in [1.165, 1.54) is 0 Å². The first-order valence-electron chi connectivity index (χ1n) is 10.6. The summed E-state index contributed by atoms with van der Waals surface area (Å²) in [5, 5.41) is 8.89. The number of rotatable bonds is 4. The maximum Gasteiger partial charge on any atom is 0.225 e. The van der Waals surface area contributed by atoms with E-state index >= 15 is 0 Å². The van der Waals surface area contributed by atoms with Gasteiger partial charge in [-0.3, -0.25) is 0 Å². The second-order valence-electron chi connectivity index (χ2n) is 7.93. The Bertz CT molecular complexity index is 1190. The van der Waals surface area contributed by atoms with E-state index in [0.717, 1.165) is 66.2 Å². The molecule has 0 spiro atoms. The van der Waals surface area contributed by atoms with Crippen LogP contribution in [0.4, 0.5) is 11.8 Å². The fourth-order valence-electron chi connectivity index (χ4n) is 4.11. The Kier molecular flexibility index (Phi) is 4.93. The number of benzene rings is 1. The predicted octanol–water partition coefficient (Wildman–Crippen LogP) is 2.97. The van der Waals surface area contributed by atoms with Gasteiger partial charge >= 0.3 is 0 Å². The molecule has 1 saturated heterocycles. The number of nitrogens with zero attached hydrogens (tertiary/aromatic N) is 8. The maximum absolute atomic E-state index is 5.88. The molecule has 0 radical (unpaired) electrons. The topological polar surface area (TPSA) is 112 Å². The van der Waals surface area contributed by atoms with E-state index in [2.05, 4.69) is 52.8 Å². The minimum Gasteiger partial charge on any atom is -0.384 e. The lowest BCUT2D eigenvalue weighted by Gasteiger charge is -2.32. The van der Waals surface area contributed by atoms with Gasteiger partial charge < -0.3 is 10.6 Å². The van der Waals surface area contributed by atoms with Gasteiger partial charge in [0.05, 0.1) is 17.3 Å². The first-order chi connectivity index (χ1) is 15.1. The third kappa shape index (κ3) is 3.78. The lowest BCUT2D eigenvalue weighted by atomic mass is 10.0. The number of fused-ring (bicyclic) bond motifs is 1. The Morgan fingerprint density at radius 1 is 1.06 bits per heavy atom. The molecule has 0 bridgehead atoms. The van der Waals surface area contributed by atoms with Crippen LogP contribution in [-0.2, 0) is 6.42 Å². The van der Waals surface area contributed by atoms with E-state index < -0.39 is 0 Å². The molecular formula is C22H25N9. The van der Waals surface area contributed by atoms with Crippen molar-refractivity contribution in [3.63, 3.8) is 0 Å². The van der Waals surface area contributed by atoms with Crippen molar-refractivity contribution < 1.29 is 0 Å². The largest absolute Gasteiger partial charge is 0.384 e. The molecule has 0 unspecified atom stereocenters. The predicted molar refractivity (Wildman–Crippen MR) is 120 cm³/mol. The van der Waals surface area contributed by atoms with Crippen molar-refractivity contribution in [1.29, 1.82) is 0 Å². The Balaban J connectivity index is 1.34. The highest BCUT2D eigenvalue weighted by Gasteiger charge is 2.24. The van der Waals surface area contributed by atoms with Gasteiger partial charge in [0.25, 0.3) is 0 Å². The molecule has 158 valence electrons. The molecule has 0 amide bonds. The molecule has 0 saturated carbocycles. The Morgan fingerprint density at radius 2 is 1.84 bits per heavy atom. The van der Waals surface area contributed by atoms with E-state index in [9.17, 15) is 0 Å². The van der Waals surface area contributed by atoms with E-state index in [1.54, 1.807) is 6.07 Å². The highest BCUT2D eigenvalue weighted by Crippen LogP contribution is 2.29. The second-order valence-corrected chi connectivity index (χ2v) is 7.93. The summed E-state index contributed by atoms with van der Waals surface area (Å²) in [6.07, 6.45) is 6.74. The molecule has 9 heteroatoms. The van der Waals surface area contributed by atoms with Crippen molar-refractivity contribution in [2.45, 2.75) is 39.2 Å². The van der Waals surface area contributed by atoms with Gasteiger partial charge in [-0.05, 0) is 43.9 Å². The number of aryl methyl sites for hydroxylation is 2. The van der Waals surface area contributed by atoms with Crippen LogP contribution in [0.5, 0.6) is 0 Å². The van der Waals surface area contributed by atoms with Gasteiger partial charge in [0.15, 0.2) is 0 Å². The molecule has 0 atom stereocenters. The molecule has 1 aromatic carbocycles. The Morgan fingerprint density at radius 3 is 2.55 bits per heavy atom. The summed E-state index contributed by atoms with van der Waals surface area (Å²) in [4.78, 5) is 19.9. The van der Waals surface area contributed by atoms with Crippen LogP contribution in [0.2, 0.25) is 0 Å². The smallest absolute Gasteiger partial charge is 0.225 e. The van der Waals surface area contributed by atoms with Crippen LogP contribution >= 0.6 is 0 Å². The summed E-state index contributed by atoms with van der Waals surface area (Å²) in [6.45, 7) is 5.74. The molecule has 31 heavy (non-hydrogen) atoms. The molecule has 1 aliphatic heterocycles. The first-order valence-corrected chi connectivity index (χ1v) is 10.6. The molecule has 4 heterocycles. The number of hydrogen-bond donors (Lipinski definition) is 1. The molecule has 1 fully saturated rings. The number of piperidine rings is 1. The fraction of sp³-hybridized carbons (Fsp3) is 0.364. The lowest BCUT2D eigenvalue weighted by molar-refractivity contribution is 0.367. The summed E-state index contributed by atoms with van der Waals surface area (Å²) in [5.74, 6) is 1.92. The summed E-state index contributed by atoms with van der Waals surface area (Å²) in [6, 6.07) is 8.21. The standard InChI is InChI=1S/C22H25N9/c1-3-15-12-24-22(25-13-15)30-8-6-17(7-9-30)31-20-5-4-16(10-19(20)28-29-31)18-11-21(23)27-14(2)26-18/h4-5,10-13,17H,3,6-9H2,1-2H3,(H2,23,26,27). The van der Waals surface area contributed by atoms with Gasteiger partial charge in [0.2, 0.25) is 5.95 Å². The van der Waals surface area contributed by atoms with Crippen LogP contribution in [-0.4, -0.2) is 48.0 Å². The van der Waals surface area contributed by atoms with Crippen molar-refractivity contribution in [1.82, 2.24) is 34.9 Å². The van der Waals surface area contributed by atoms with Crippen molar-refractivity contribution in [2.75, 3.05) is 23.7 Å². The zero-order chi connectivity index (χ0) is 21.4. The number of hydrogen-bond acceptors (Lipinski definition) is 8. The van der Waals surface area contributed by atoms with Crippen LogP contribution in [0.1, 0.15) is 37.2 Å². The number of anilines is 2. The van der Waals surface area contributed by atoms with Gasteiger partial charge in [-0.25, -0.2) is 24.6 Å². The van der Waals surface area contributed by atoms with Crippen molar-refractivity contribution in [2.24, 2.45) is 0 Å². The summed E-state index contributed by atoms with van der Waals surface area (Å²) >= 11 is 0. The van der Waals surface area contributed by atoms with Gasteiger partial charge in [-0.1, -0.05) is 18.2 Å². The average Bonchev–Trinajstić information content (AvgIpc) is 3.22. The Labute approximate surface area is 180 Å². The van der Waals surface area contributed by atoms with Crippen LogP contribution in [0, 0.1) is 6.92 Å². The van der Waals surface area contributed by atoms with E-state index in [1.807, 2.05) is 31.5 Å². The quantitative estimate of drug-likeness (QED) is 0.541. The van der Waals surface area contributed by atoms with Gasteiger partial charge in [0, 0.05) is 37.1 Å². The normalized spacial score (nSPS) is 15.0. The van der Waals surface area contributed by atoms with Crippen molar-refractivity contribution in [3.05, 3.63) is 48.0 Å². The molecular weight excluding hydrogens is 390 g/mol. The summed E-state index contributed by atoms with van der Waals surface area (Å²) < 4.78 is 2.05. The first kappa shape index (κ1) is 19.3. The maximum atomic E-state index is 5.88. The van der Waals surface area contributed by atoms with Gasteiger partial charge in [-0.15, -0.1) is 5.10 Å². The van der Waals surface area contributed by atoms with E-state index in [4.69, 9.17) is 5.73 Å². The minimum absolute atomic E-state index is 0.305. The third-order valence-corrected chi connectivity index (χ3v) is 5.82. The van der Waals surface area contributed by atoms with Crippen LogP contribution < -0.4 is 10.6 Å². The van der Waals surface area contributed by atoms with Crippen molar-refractivity contribution >= 4 is 22.8 Å². The van der Waals surface area contributed by atoms with Crippen molar-refractivity contribution in [3.8, 4) is 11.3 Å². The molecule has 4 aromatic rings. The average molecular weight is 416 g/mol. The third-order valence-electron chi connectivity index (χ3n) is 5.82. The highest BCUT2D eigenvalue weighted by molar-refractivity contribution is 5.81. The summed E-state index contributed by atoms with van der Waals surface area (Å²) in [7, 11) is 0. The molecule has 3 aromatic heterocycles. The molecule has 1 aliphatic rings. The fourth-order valence-corrected chi connectivity index (χ4v) is 4.11. The van der Waals surface area contributed by atoms with Gasteiger partial charge in [-0.2, -0.15) is 0 Å². The lowest BCUT2D eigenvalue weighted by Crippen LogP contribution is -2.36. The number of nitrogen functional groups attached to an aromatic ring is 1. The van der Waals surface area contributed by atoms with Crippen LogP contribution in [0.3, 0.4) is 0 Å². The van der Waals surface area contributed by atoms with Gasteiger partial charge in [0.1, 0.15) is 17.2 Å². The zero-order valence-corrected chi connectivity index (χ0v) is 17.7. The zero-order valence-electron chi connectivity index (χ0n) is 17.7. The summed E-state index contributed by atoms with van der Waals surface area (Å²) in [5.41, 5.74) is 10.7. The monoisotopic (exact) mass is 415 g/mol.